The van der Waals surface area contributed by atoms with E-state index < -0.39 is 10.1 Å². The highest BCUT2D eigenvalue weighted by Gasteiger charge is 1.89. The first kappa shape index (κ1) is 12.9. The molecule has 0 aliphatic carbocycles. The molecule has 0 amide bonds. The van der Waals surface area contributed by atoms with E-state index in [0.29, 0.717) is 6.26 Å². The van der Waals surface area contributed by atoms with Crippen LogP contribution in [-0.4, -0.2) is 38.3 Å². The molecule has 0 aliphatic heterocycles. The van der Waals surface area contributed by atoms with Gasteiger partial charge in [-0.25, -0.2) is 4.98 Å². The Kier molecular flexibility index (Phi) is 5.11. The lowest BCUT2D eigenvalue weighted by molar-refractivity contribution is 0.490. The summed E-state index contributed by atoms with van der Waals surface area (Å²) in [5.74, 6) is 0.998. The highest BCUT2D eigenvalue weighted by Crippen LogP contribution is 2.02. The van der Waals surface area contributed by atoms with Crippen LogP contribution in [0.3, 0.4) is 0 Å². The van der Waals surface area contributed by atoms with Crippen molar-refractivity contribution in [3.05, 3.63) is 24.4 Å². The summed E-state index contributed by atoms with van der Waals surface area (Å²) in [4.78, 5) is 6.08. The van der Waals surface area contributed by atoms with Gasteiger partial charge in [-0.3, -0.25) is 4.55 Å². The van der Waals surface area contributed by atoms with Crippen molar-refractivity contribution in [2.45, 2.75) is 0 Å². The fourth-order valence-corrected chi connectivity index (χ4v) is 0.618. The van der Waals surface area contributed by atoms with Gasteiger partial charge < -0.3 is 4.90 Å². The van der Waals surface area contributed by atoms with Gasteiger partial charge in [-0.05, 0) is 12.1 Å². The summed E-state index contributed by atoms with van der Waals surface area (Å²) in [6.07, 6.45) is 2.50. The van der Waals surface area contributed by atoms with E-state index in [2.05, 4.69) is 4.98 Å². The standard InChI is InChI=1S/C7H10N2.CH4O3S/c1-9(2)7-5-3-4-6-8-7;1-5(2,3)4/h3-6H,1-2H3;1H3,(H,2,3,4). The number of hydrogen-bond donors (Lipinski definition) is 1. The minimum absolute atomic E-state index is 0.715. The van der Waals surface area contributed by atoms with Crippen molar-refractivity contribution in [3.63, 3.8) is 0 Å². The maximum Gasteiger partial charge on any atom is 0.261 e. The predicted octanol–water partition coefficient (Wildman–Crippen LogP) is 0.652. The molecule has 14 heavy (non-hydrogen) atoms. The Bertz CT molecular complexity index is 340. The van der Waals surface area contributed by atoms with E-state index in [-0.39, 0.29) is 0 Å². The average molecular weight is 218 g/mol. The van der Waals surface area contributed by atoms with Gasteiger partial charge in [0.1, 0.15) is 5.82 Å². The number of nitrogens with zero attached hydrogens (tertiary/aromatic N) is 2. The predicted molar refractivity (Wildman–Crippen MR) is 56.0 cm³/mol. The van der Waals surface area contributed by atoms with Crippen molar-refractivity contribution in [1.29, 1.82) is 0 Å². The summed E-state index contributed by atoms with van der Waals surface area (Å²) in [6.45, 7) is 0. The summed E-state index contributed by atoms with van der Waals surface area (Å²) >= 11 is 0. The van der Waals surface area contributed by atoms with E-state index >= 15 is 0 Å². The number of hydrogen-bond acceptors (Lipinski definition) is 4. The molecule has 0 aliphatic rings. The SMILES string of the molecule is CN(C)c1ccccn1.CS(=O)(=O)O. The molecule has 1 aromatic rings. The van der Waals surface area contributed by atoms with Crippen LogP contribution in [0.1, 0.15) is 0 Å². The van der Waals surface area contributed by atoms with Gasteiger partial charge in [0, 0.05) is 20.3 Å². The molecular weight excluding hydrogens is 204 g/mol. The third kappa shape index (κ3) is 8.95. The van der Waals surface area contributed by atoms with Crippen LogP contribution in [0.2, 0.25) is 0 Å². The summed E-state index contributed by atoms with van der Waals surface area (Å²) in [6, 6.07) is 5.86. The molecule has 5 nitrogen and oxygen atoms in total. The second kappa shape index (κ2) is 5.56. The molecule has 6 heteroatoms. The maximum atomic E-state index is 9.19. The summed E-state index contributed by atoms with van der Waals surface area (Å²) in [7, 11) is 0.282. The molecule has 80 valence electrons. The Morgan fingerprint density at radius 1 is 1.36 bits per heavy atom. The van der Waals surface area contributed by atoms with Crippen LogP contribution in [0.15, 0.2) is 24.4 Å². The van der Waals surface area contributed by atoms with Gasteiger partial charge >= 0.3 is 0 Å². The van der Waals surface area contributed by atoms with Gasteiger partial charge in [0.05, 0.1) is 6.26 Å². The zero-order valence-corrected chi connectivity index (χ0v) is 9.19. The monoisotopic (exact) mass is 218 g/mol. The Morgan fingerprint density at radius 2 is 1.86 bits per heavy atom. The number of aromatic nitrogens is 1. The molecule has 0 radical (unpaired) electrons. The molecule has 1 N–H and O–H groups in total. The van der Waals surface area contributed by atoms with E-state index in [1.165, 1.54) is 0 Å². The normalized spacial score (nSPS) is 10.0. The van der Waals surface area contributed by atoms with E-state index in [0.717, 1.165) is 5.82 Å². The van der Waals surface area contributed by atoms with Crippen LogP contribution in [0.5, 0.6) is 0 Å². The van der Waals surface area contributed by atoms with Crippen molar-refractivity contribution in [1.82, 2.24) is 4.98 Å². The third-order valence-electron chi connectivity index (χ3n) is 1.11. The number of rotatable bonds is 1. The number of anilines is 1. The van der Waals surface area contributed by atoms with E-state index in [4.69, 9.17) is 4.55 Å². The van der Waals surface area contributed by atoms with Crippen molar-refractivity contribution in [2.75, 3.05) is 25.3 Å². The van der Waals surface area contributed by atoms with Crippen molar-refractivity contribution >= 4 is 15.9 Å². The van der Waals surface area contributed by atoms with E-state index in [9.17, 15) is 8.42 Å². The Morgan fingerprint density at radius 3 is 2.07 bits per heavy atom. The van der Waals surface area contributed by atoms with Crippen LogP contribution in [0, 0.1) is 0 Å². The first-order valence-corrected chi connectivity index (χ1v) is 5.66. The van der Waals surface area contributed by atoms with Crippen LogP contribution < -0.4 is 4.90 Å². The van der Waals surface area contributed by atoms with Crippen molar-refractivity contribution < 1.29 is 13.0 Å². The molecule has 1 aromatic heterocycles. The van der Waals surface area contributed by atoms with Gasteiger partial charge in [0.2, 0.25) is 0 Å². The Labute approximate surface area is 84.1 Å². The van der Waals surface area contributed by atoms with E-state index in [1.54, 1.807) is 6.20 Å². The third-order valence-corrected chi connectivity index (χ3v) is 1.11. The number of pyridine rings is 1. The zero-order chi connectivity index (χ0) is 11.2. The van der Waals surface area contributed by atoms with Crippen LogP contribution >= 0.6 is 0 Å². The highest BCUT2D eigenvalue weighted by molar-refractivity contribution is 7.85. The molecule has 0 fully saturated rings. The van der Waals surface area contributed by atoms with Gasteiger partial charge in [-0.1, -0.05) is 6.07 Å². The molecule has 0 aromatic carbocycles. The van der Waals surface area contributed by atoms with Crippen LogP contribution in [0.4, 0.5) is 5.82 Å². The lowest BCUT2D eigenvalue weighted by Crippen LogP contribution is -2.09. The highest BCUT2D eigenvalue weighted by atomic mass is 32.2. The van der Waals surface area contributed by atoms with Crippen LogP contribution in [0.25, 0.3) is 0 Å². The molecule has 0 saturated heterocycles. The van der Waals surface area contributed by atoms with Gasteiger partial charge in [0.15, 0.2) is 0 Å². The molecule has 0 saturated carbocycles. The van der Waals surface area contributed by atoms with Gasteiger partial charge in [0.25, 0.3) is 10.1 Å². The molecule has 0 bridgehead atoms. The Balaban J connectivity index is 0.000000292. The maximum absolute atomic E-state index is 9.19. The second-order valence-corrected chi connectivity index (χ2v) is 4.28. The fraction of sp³-hybridized carbons (Fsp3) is 0.375. The smallest absolute Gasteiger partial charge is 0.261 e. The van der Waals surface area contributed by atoms with Crippen molar-refractivity contribution in [2.24, 2.45) is 0 Å². The lowest BCUT2D eigenvalue weighted by atomic mass is 10.4. The largest absolute Gasteiger partial charge is 0.363 e. The first-order valence-electron chi connectivity index (χ1n) is 3.81. The average Bonchev–Trinajstić information content (AvgIpc) is 2.03. The quantitative estimate of drug-likeness (QED) is 0.701. The topological polar surface area (TPSA) is 70.5 Å². The molecule has 1 heterocycles. The minimum Gasteiger partial charge on any atom is -0.363 e. The van der Waals surface area contributed by atoms with Crippen LogP contribution in [-0.2, 0) is 10.1 Å². The molecule has 0 spiro atoms. The first-order chi connectivity index (χ1) is 6.30. The molecule has 1 rings (SSSR count). The summed E-state index contributed by atoms with van der Waals surface area (Å²) < 4.78 is 25.9. The molecule has 0 unspecified atom stereocenters. The summed E-state index contributed by atoms with van der Waals surface area (Å²) in [5, 5.41) is 0. The van der Waals surface area contributed by atoms with Crippen molar-refractivity contribution in [3.8, 4) is 0 Å². The summed E-state index contributed by atoms with van der Waals surface area (Å²) in [5.41, 5.74) is 0. The second-order valence-electron chi connectivity index (χ2n) is 2.82. The van der Waals surface area contributed by atoms with E-state index in [1.807, 2.05) is 37.2 Å². The van der Waals surface area contributed by atoms with Gasteiger partial charge in [-0.2, -0.15) is 8.42 Å². The van der Waals surface area contributed by atoms with Gasteiger partial charge in [-0.15, -0.1) is 0 Å². The zero-order valence-electron chi connectivity index (χ0n) is 8.38. The molecule has 0 atom stereocenters. The molecular formula is C8H14N2O3S. The fourth-order valence-electron chi connectivity index (χ4n) is 0.618. The lowest BCUT2D eigenvalue weighted by Gasteiger charge is -2.08. The Hall–Kier alpha value is -1.14. The minimum atomic E-state index is -3.67.